The average Bonchev–Trinajstić information content (AvgIpc) is 2.47. The largest absolute Gasteiger partial charge is 0.274 e. The highest BCUT2D eigenvalue weighted by Crippen LogP contribution is 2.13. The molecule has 0 spiro atoms. The lowest BCUT2D eigenvalue weighted by molar-refractivity contribution is -0.119. The van der Waals surface area contributed by atoms with E-state index in [0.29, 0.717) is 6.42 Å². The standard InChI is InChI=1S/C17H34ClNO/c1-2-3-4-5-6-7-8-9-10-11-12-13-14-15-16-17(20)19-18/h2-16H2,1H3,(H,19,20). The molecule has 0 bridgehead atoms. The summed E-state index contributed by atoms with van der Waals surface area (Å²) in [5.41, 5.74) is 0. The van der Waals surface area contributed by atoms with Gasteiger partial charge in [-0.2, -0.15) is 0 Å². The quantitative estimate of drug-likeness (QED) is 0.286. The first kappa shape index (κ1) is 19.8. The summed E-state index contributed by atoms with van der Waals surface area (Å²) in [7, 11) is 0. The molecule has 0 aliphatic heterocycles. The van der Waals surface area contributed by atoms with Crippen molar-refractivity contribution in [2.24, 2.45) is 0 Å². The van der Waals surface area contributed by atoms with E-state index in [1.807, 2.05) is 0 Å². The van der Waals surface area contributed by atoms with E-state index in [4.69, 9.17) is 11.8 Å². The van der Waals surface area contributed by atoms with Gasteiger partial charge in [0.1, 0.15) is 0 Å². The number of hydrogen-bond donors (Lipinski definition) is 1. The summed E-state index contributed by atoms with van der Waals surface area (Å²) in [6.45, 7) is 2.27. The van der Waals surface area contributed by atoms with Crippen LogP contribution >= 0.6 is 11.8 Å². The van der Waals surface area contributed by atoms with Crippen LogP contribution < -0.4 is 4.84 Å². The fourth-order valence-electron chi connectivity index (χ4n) is 2.53. The maximum Gasteiger partial charge on any atom is 0.234 e. The Hall–Kier alpha value is -0.240. The molecule has 1 N–H and O–H groups in total. The lowest BCUT2D eigenvalue weighted by Gasteiger charge is -2.03. The molecule has 0 fully saturated rings. The van der Waals surface area contributed by atoms with Gasteiger partial charge in [-0.3, -0.25) is 9.63 Å². The third-order valence-corrected chi connectivity index (χ3v) is 4.07. The van der Waals surface area contributed by atoms with Crippen LogP contribution in [0, 0.1) is 0 Å². The van der Waals surface area contributed by atoms with Crippen LogP contribution in [0.3, 0.4) is 0 Å². The van der Waals surface area contributed by atoms with Crippen molar-refractivity contribution in [2.75, 3.05) is 0 Å². The number of amides is 1. The third kappa shape index (κ3) is 15.8. The van der Waals surface area contributed by atoms with Crippen LogP contribution in [0.4, 0.5) is 0 Å². The van der Waals surface area contributed by atoms with Crippen molar-refractivity contribution in [1.29, 1.82) is 0 Å². The predicted molar refractivity (Wildman–Crippen MR) is 88.9 cm³/mol. The van der Waals surface area contributed by atoms with Crippen LogP contribution in [0.2, 0.25) is 0 Å². The number of rotatable bonds is 15. The van der Waals surface area contributed by atoms with Crippen molar-refractivity contribution < 1.29 is 4.79 Å². The molecule has 3 heteroatoms. The summed E-state index contributed by atoms with van der Waals surface area (Å²) in [5.74, 6) is -0.0504. The Labute approximate surface area is 131 Å². The Balaban J connectivity index is 2.97. The van der Waals surface area contributed by atoms with Crippen molar-refractivity contribution in [2.45, 2.75) is 103 Å². The molecule has 0 saturated heterocycles. The second kappa shape index (κ2) is 16.8. The van der Waals surface area contributed by atoms with E-state index < -0.39 is 0 Å². The Morgan fingerprint density at radius 2 is 1.05 bits per heavy atom. The molecule has 0 saturated carbocycles. The second-order valence-electron chi connectivity index (χ2n) is 5.86. The summed E-state index contributed by atoms with van der Waals surface area (Å²) in [6.07, 6.45) is 19.3. The van der Waals surface area contributed by atoms with Crippen LogP contribution in [0.5, 0.6) is 0 Å². The maximum atomic E-state index is 10.9. The highest BCUT2D eigenvalue weighted by molar-refractivity contribution is 6.21. The molecule has 0 aliphatic rings. The smallest absolute Gasteiger partial charge is 0.234 e. The Bertz CT molecular complexity index is 209. The van der Waals surface area contributed by atoms with Crippen LogP contribution in [-0.4, -0.2) is 5.91 Å². The molecule has 0 rings (SSSR count). The van der Waals surface area contributed by atoms with Gasteiger partial charge in [-0.15, -0.1) is 0 Å². The fourth-order valence-corrected chi connectivity index (χ4v) is 2.62. The molecule has 20 heavy (non-hydrogen) atoms. The first-order valence-corrected chi connectivity index (χ1v) is 9.08. The zero-order valence-electron chi connectivity index (χ0n) is 13.4. The van der Waals surface area contributed by atoms with E-state index in [9.17, 15) is 4.79 Å². The van der Waals surface area contributed by atoms with Crippen molar-refractivity contribution in [3.63, 3.8) is 0 Å². The SMILES string of the molecule is CCCCCCCCCCCCCCCCC(=O)NCl. The minimum atomic E-state index is -0.0504. The summed E-state index contributed by atoms with van der Waals surface area (Å²) in [4.78, 5) is 13.0. The van der Waals surface area contributed by atoms with Crippen LogP contribution in [0.25, 0.3) is 0 Å². The summed E-state index contributed by atoms with van der Waals surface area (Å²) < 4.78 is 0. The topological polar surface area (TPSA) is 29.1 Å². The number of halogens is 1. The molecule has 0 radical (unpaired) electrons. The van der Waals surface area contributed by atoms with E-state index in [1.54, 1.807) is 0 Å². The van der Waals surface area contributed by atoms with Crippen molar-refractivity contribution in [1.82, 2.24) is 4.84 Å². The average molecular weight is 304 g/mol. The molecule has 0 atom stereocenters. The van der Waals surface area contributed by atoms with E-state index in [1.165, 1.54) is 77.0 Å². The van der Waals surface area contributed by atoms with Crippen LogP contribution in [-0.2, 0) is 4.79 Å². The number of carbonyl (C=O) groups is 1. The van der Waals surface area contributed by atoms with Gasteiger partial charge in [0.15, 0.2) is 0 Å². The molecular formula is C17H34ClNO. The number of hydrogen-bond acceptors (Lipinski definition) is 1. The molecule has 0 aromatic heterocycles. The second-order valence-corrected chi connectivity index (χ2v) is 6.05. The van der Waals surface area contributed by atoms with Gasteiger partial charge in [0.25, 0.3) is 0 Å². The van der Waals surface area contributed by atoms with Gasteiger partial charge in [0, 0.05) is 18.2 Å². The van der Waals surface area contributed by atoms with Crippen molar-refractivity contribution in [3.8, 4) is 0 Å². The van der Waals surface area contributed by atoms with E-state index >= 15 is 0 Å². The minimum Gasteiger partial charge on any atom is -0.274 e. The lowest BCUT2D eigenvalue weighted by atomic mass is 10.0. The number of unbranched alkanes of at least 4 members (excludes halogenated alkanes) is 13. The fraction of sp³-hybridized carbons (Fsp3) is 0.941. The summed E-state index contributed by atoms with van der Waals surface area (Å²) in [6, 6.07) is 0. The molecule has 2 nitrogen and oxygen atoms in total. The van der Waals surface area contributed by atoms with Gasteiger partial charge in [-0.05, 0) is 6.42 Å². The van der Waals surface area contributed by atoms with E-state index in [2.05, 4.69) is 11.8 Å². The zero-order valence-corrected chi connectivity index (χ0v) is 14.1. The van der Waals surface area contributed by atoms with Crippen LogP contribution in [0.15, 0.2) is 0 Å². The first-order chi connectivity index (χ1) is 9.81. The molecule has 0 aromatic carbocycles. The normalized spacial score (nSPS) is 10.7. The maximum absolute atomic E-state index is 10.9. The Kier molecular flexibility index (Phi) is 16.6. The van der Waals surface area contributed by atoms with Gasteiger partial charge < -0.3 is 0 Å². The molecule has 0 aromatic rings. The van der Waals surface area contributed by atoms with Gasteiger partial charge in [0.05, 0.1) is 0 Å². The number of carbonyl (C=O) groups excluding carboxylic acids is 1. The third-order valence-electron chi connectivity index (χ3n) is 3.86. The predicted octanol–water partition coefficient (Wildman–Crippen LogP) is 6.13. The summed E-state index contributed by atoms with van der Waals surface area (Å²) in [5, 5.41) is 0. The highest BCUT2D eigenvalue weighted by atomic mass is 35.5. The molecule has 0 aliphatic carbocycles. The van der Waals surface area contributed by atoms with Gasteiger partial charge in [-0.25, -0.2) is 0 Å². The minimum absolute atomic E-state index is 0.0504. The molecule has 0 unspecified atom stereocenters. The Morgan fingerprint density at radius 1 is 0.700 bits per heavy atom. The molecule has 0 heterocycles. The van der Waals surface area contributed by atoms with Crippen molar-refractivity contribution >= 4 is 17.7 Å². The van der Waals surface area contributed by atoms with E-state index in [-0.39, 0.29) is 5.91 Å². The van der Waals surface area contributed by atoms with Crippen molar-refractivity contribution in [3.05, 3.63) is 0 Å². The Morgan fingerprint density at radius 3 is 1.40 bits per heavy atom. The van der Waals surface area contributed by atoms with E-state index in [0.717, 1.165) is 12.8 Å². The molecule has 120 valence electrons. The summed E-state index contributed by atoms with van der Waals surface area (Å²) >= 11 is 5.21. The number of nitrogens with one attached hydrogen (secondary N) is 1. The highest BCUT2D eigenvalue weighted by Gasteiger charge is 1.98. The van der Waals surface area contributed by atoms with Gasteiger partial charge in [-0.1, -0.05) is 90.4 Å². The van der Waals surface area contributed by atoms with Gasteiger partial charge >= 0.3 is 0 Å². The first-order valence-electron chi connectivity index (χ1n) is 8.70. The van der Waals surface area contributed by atoms with Crippen LogP contribution in [0.1, 0.15) is 103 Å². The zero-order chi connectivity index (χ0) is 14.9. The molecular weight excluding hydrogens is 270 g/mol. The van der Waals surface area contributed by atoms with Gasteiger partial charge in [0.2, 0.25) is 5.91 Å². The molecule has 1 amide bonds. The lowest BCUT2D eigenvalue weighted by Crippen LogP contribution is -2.11. The monoisotopic (exact) mass is 303 g/mol.